The van der Waals surface area contributed by atoms with Crippen LogP contribution in [0.1, 0.15) is 0 Å². The summed E-state index contributed by atoms with van der Waals surface area (Å²) in [5.74, 6) is 0. The largest absolute Gasteiger partial charge is 0.277 e. The molecule has 0 aromatic heterocycles. The summed E-state index contributed by atoms with van der Waals surface area (Å²) in [6, 6.07) is 4.55. The van der Waals surface area contributed by atoms with E-state index >= 15 is 0 Å². The van der Waals surface area contributed by atoms with Crippen molar-refractivity contribution in [3.05, 3.63) is 28.2 Å². The van der Waals surface area contributed by atoms with Crippen molar-refractivity contribution >= 4 is 68.3 Å². The van der Waals surface area contributed by atoms with Gasteiger partial charge in [-0.1, -0.05) is 23.2 Å². The highest BCUT2D eigenvalue weighted by Gasteiger charge is 2.16. The second-order valence-electron chi connectivity index (χ2n) is 2.74. The number of rotatable bonds is 4. The van der Waals surface area contributed by atoms with E-state index < -0.39 is 16.2 Å². The van der Waals surface area contributed by atoms with E-state index in [2.05, 4.69) is 10.5 Å². The fourth-order valence-corrected chi connectivity index (χ4v) is 1.50. The lowest BCUT2D eigenvalue weighted by atomic mass is 10.3. The topological polar surface area (TPSA) is 58.5 Å². The number of hydrogen-bond acceptors (Lipinski definition) is 4. The van der Waals surface area contributed by atoms with Gasteiger partial charge in [0, 0.05) is 5.02 Å². The molecule has 0 radical (unpaired) electrons. The summed E-state index contributed by atoms with van der Waals surface area (Å²) < 4.78 is 0. The standard InChI is InChI=1S/C9H4Cl4N2O2/c10-4-1-2-5(11)6(3-4)14-15-7(8(12)16)9(13)17/h1-3,14H. The first-order valence-electron chi connectivity index (χ1n) is 4.10. The predicted molar refractivity (Wildman–Crippen MR) is 69.2 cm³/mol. The molecule has 0 aliphatic rings. The zero-order valence-electron chi connectivity index (χ0n) is 8.01. The molecule has 0 aliphatic carbocycles. The number of hydrogen-bond donors (Lipinski definition) is 1. The van der Waals surface area contributed by atoms with Gasteiger partial charge in [0.25, 0.3) is 10.5 Å². The molecule has 90 valence electrons. The maximum Gasteiger partial charge on any atom is 0.277 e. The Morgan fingerprint density at radius 1 is 1.12 bits per heavy atom. The van der Waals surface area contributed by atoms with Crippen LogP contribution in [0, 0.1) is 0 Å². The Bertz CT molecular complexity index is 486. The number of benzene rings is 1. The summed E-state index contributed by atoms with van der Waals surface area (Å²) in [4.78, 5) is 21.6. The molecule has 0 saturated carbocycles. The first-order chi connectivity index (χ1) is 7.91. The highest BCUT2D eigenvalue weighted by molar-refractivity contribution is 7.01. The molecule has 0 bridgehead atoms. The quantitative estimate of drug-likeness (QED) is 0.401. The summed E-state index contributed by atoms with van der Waals surface area (Å²) in [5.41, 5.74) is 2.06. The number of nitrogens with zero attached hydrogens (tertiary/aromatic N) is 1. The van der Waals surface area contributed by atoms with Gasteiger partial charge in [0.15, 0.2) is 0 Å². The van der Waals surface area contributed by atoms with Gasteiger partial charge in [-0.3, -0.25) is 15.0 Å². The molecule has 0 unspecified atom stereocenters. The highest BCUT2D eigenvalue weighted by atomic mass is 35.5. The van der Waals surface area contributed by atoms with Crippen LogP contribution in [0.2, 0.25) is 10.0 Å². The van der Waals surface area contributed by atoms with E-state index in [9.17, 15) is 9.59 Å². The summed E-state index contributed by atoms with van der Waals surface area (Å²) in [5, 5.41) is 2.02. The van der Waals surface area contributed by atoms with Gasteiger partial charge in [0.2, 0.25) is 5.71 Å². The lowest BCUT2D eigenvalue weighted by Crippen LogP contribution is -2.17. The smallest absolute Gasteiger partial charge is 0.276 e. The number of carbonyl (C=O) groups excluding carboxylic acids is 2. The zero-order chi connectivity index (χ0) is 13.0. The van der Waals surface area contributed by atoms with Crippen molar-refractivity contribution in [2.75, 3.05) is 5.43 Å². The number of hydrazone groups is 1. The van der Waals surface area contributed by atoms with Gasteiger partial charge in [-0.15, -0.1) is 0 Å². The molecular weight excluding hydrogens is 310 g/mol. The van der Waals surface area contributed by atoms with E-state index in [-0.39, 0.29) is 0 Å². The first kappa shape index (κ1) is 14.3. The van der Waals surface area contributed by atoms with Crippen LogP contribution in [0.3, 0.4) is 0 Å². The molecule has 4 nitrogen and oxygen atoms in total. The maximum absolute atomic E-state index is 10.8. The van der Waals surface area contributed by atoms with E-state index in [1.165, 1.54) is 12.1 Å². The fraction of sp³-hybridized carbons (Fsp3) is 0. The van der Waals surface area contributed by atoms with E-state index in [0.717, 1.165) is 0 Å². The molecule has 0 heterocycles. The van der Waals surface area contributed by atoms with Gasteiger partial charge < -0.3 is 0 Å². The minimum absolute atomic E-state index is 0.307. The van der Waals surface area contributed by atoms with Crippen LogP contribution in [-0.4, -0.2) is 16.2 Å². The average Bonchev–Trinajstić information content (AvgIpc) is 2.22. The second kappa shape index (κ2) is 6.21. The summed E-state index contributed by atoms with van der Waals surface area (Å²) in [6.45, 7) is 0. The minimum atomic E-state index is -1.07. The molecule has 8 heteroatoms. The van der Waals surface area contributed by atoms with Crippen LogP contribution < -0.4 is 5.43 Å². The van der Waals surface area contributed by atoms with Gasteiger partial charge in [-0.2, -0.15) is 5.10 Å². The monoisotopic (exact) mass is 312 g/mol. The summed E-state index contributed by atoms with van der Waals surface area (Å²) >= 11 is 21.7. The van der Waals surface area contributed by atoms with Gasteiger partial charge in [0.1, 0.15) is 0 Å². The van der Waals surface area contributed by atoms with Crippen LogP contribution in [0.4, 0.5) is 5.69 Å². The molecule has 0 fully saturated rings. The van der Waals surface area contributed by atoms with E-state index in [4.69, 9.17) is 46.4 Å². The van der Waals surface area contributed by atoms with E-state index in [1.54, 1.807) is 6.07 Å². The van der Waals surface area contributed by atoms with Crippen molar-refractivity contribution in [2.24, 2.45) is 5.10 Å². The molecule has 1 aromatic rings. The third-order valence-electron chi connectivity index (χ3n) is 1.59. The Kier molecular flexibility index (Phi) is 5.21. The predicted octanol–water partition coefficient (Wildman–Crippen LogP) is 3.29. The molecule has 17 heavy (non-hydrogen) atoms. The fourth-order valence-electron chi connectivity index (χ4n) is 0.864. The average molecular weight is 314 g/mol. The van der Waals surface area contributed by atoms with Crippen molar-refractivity contribution in [3.63, 3.8) is 0 Å². The number of nitrogens with one attached hydrogen (secondary N) is 1. The van der Waals surface area contributed by atoms with Crippen molar-refractivity contribution in [3.8, 4) is 0 Å². The van der Waals surface area contributed by atoms with Crippen molar-refractivity contribution < 1.29 is 9.59 Å². The molecule has 0 aliphatic heterocycles. The van der Waals surface area contributed by atoms with Gasteiger partial charge in [-0.25, -0.2) is 0 Å². The Hall–Kier alpha value is -0.810. The first-order valence-corrected chi connectivity index (χ1v) is 5.61. The number of carbonyl (C=O) groups is 2. The number of halogens is 4. The highest BCUT2D eigenvalue weighted by Crippen LogP contribution is 2.25. The Morgan fingerprint density at radius 2 is 1.71 bits per heavy atom. The molecule has 0 saturated heterocycles. The molecule has 0 spiro atoms. The molecular formula is C9H4Cl4N2O2. The summed E-state index contributed by atoms with van der Waals surface area (Å²) in [7, 11) is 0. The van der Waals surface area contributed by atoms with E-state index in [1.807, 2.05) is 0 Å². The van der Waals surface area contributed by atoms with Crippen LogP contribution in [0.15, 0.2) is 23.3 Å². The van der Waals surface area contributed by atoms with Gasteiger partial charge in [0.05, 0.1) is 10.7 Å². The molecule has 1 aromatic carbocycles. The van der Waals surface area contributed by atoms with Crippen LogP contribution in [0.5, 0.6) is 0 Å². The van der Waals surface area contributed by atoms with Crippen LogP contribution in [-0.2, 0) is 9.59 Å². The van der Waals surface area contributed by atoms with Gasteiger partial charge in [-0.05, 0) is 41.4 Å². The van der Waals surface area contributed by atoms with Crippen molar-refractivity contribution in [1.29, 1.82) is 0 Å². The SMILES string of the molecule is O=C(Cl)C(=NNc1cc(Cl)ccc1Cl)C(=O)Cl. The molecule has 1 rings (SSSR count). The lowest BCUT2D eigenvalue weighted by molar-refractivity contribution is -0.109. The third kappa shape index (κ3) is 4.16. The molecule has 0 amide bonds. The normalized spacial score (nSPS) is 9.65. The lowest BCUT2D eigenvalue weighted by Gasteiger charge is -2.04. The molecule has 1 N–H and O–H groups in total. The Morgan fingerprint density at radius 3 is 2.24 bits per heavy atom. The zero-order valence-corrected chi connectivity index (χ0v) is 11.0. The van der Waals surface area contributed by atoms with Crippen molar-refractivity contribution in [2.45, 2.75) is 0 Å². The van der Waals surface area contributed by atoms with Crippen LogP contribution >= 0.6 is 46.4 Å². The number of anilines is 1. The van der Waals surface area contributed by atoms with Crippen molar-refractivity contribution in [1.82, 2.24) is 0 Å². The minimum Gasteiger partial charge on any atom is -0.276 e. The maximum atomic E-state index is 10.8. The second-order valence-corrected chi connectivity index (χ2v) is 4.27. The Balaban J connectivity index is 2.98. The third-order valence-corrected chi connectivity index (χ3v) is 2.51. The van der Waals surface area contributed by atoms with Gasteiger partial charge >= 0.3 is 0 Å². The Labute approximate surface area is 116 Å². The summed E-state index contributed by atoms with van der Waals surface area (Å²) in [6.07, 6.45) is 0. The van der Waals surface area contributed by atoms with Crippen LogP contribution in [0.25, 0.3) is 0 Å². The van der Waals surface area contributed by atoms with E-state index in [0.29, 0.717) is 15.7 Å². The molecule has 0 atom stereocenters.